The molecule has 102 valence electrons. The second kappa shape index (κ2) is 7.10. The van der Waals surface area contributed by atoms with Crippen molar-refractivity contribution < 1.29 is 4.79 Å². The third-order valence-electron chi connectivity index (χ3n) is 2.76. The van der Waals surface area contributed by atoms with Gasteiger partial charge in [-0.15, -0.1) is 5.10 Å². The number of hydrogen-bond donors (Lipinski definition) is 1. The predicted molar refractivity (Wildman–Crippen MR) is 70.5 cm³/mol. The summed E-state index contributed by atoms with van der Waals surface area (Å²) in [5.74, 6) is 0.938. The van der Waals surface area contributed by atoms with E-state index in [-0.39, 0.29) is 11.7 Å². The van der Waals surface area contributed by atoms with Crippen molar-refractivity contribution in [3.8, 4) is 0 Å². The summed E-state index contributed by atoms with van der Waals surface area (Å²) in [4.78, 5) is 20.2. The van der Waals surface area contributed by atoms with Crippen molar-refractivity contribution >= 4 is 5.91 Å². The van der Waals surface area contributed by atoms with Gasteiger partial charge in [-0.05, 0) is 34.0 Å². The number of rotatable bonds is 7. The quantitative estimate of drug-likeness (QED) is 0.780. The number of aromatic nitrogens is 3. The van der Waals surface area contributed by atoms with Crippen LogP contribution in [0.25, 0.3) is 0 Å². The van der Waals surface area contributed by atoms with E-state index in [0.717, 1.165) is 31.8 Å². The molecule has 0 aliphatic rings. The summed E-state index contributed by atoms with van der Waals surface area (Å²) in [5.41, 5.74) is 0. The maximum Gasteiger partial charge on any atom is 0.293 e. The lowest BCUT2D eigenvalue weighted by Crippen LogP contribution is -2.34. The Hall–Kier alpha value is -1.43. The first-order valence-electron chi connectivity index (χ1n) is 6.43. The van der Waals surface area contributed by atoms with E-state index < -0.39 is 0 Å². The Kier molecular flexibility index (Phi) is 5.77. The minimum atomic E-state index is -0.0905. The number of amides is 1. The van der Waals surface area contributed by atoms with Crippen molar-refractivity contribution in [2.75, 3.05) is 33.7 Å². The highest BCUT2D eigenvalue weighted by atomic mass is 16.2. The molecule has 1 N–H and O–H groups in total. The van der Waals surface area contributed by atoms with Crippen LogP contribution in [-0.2, 0) is 6.42 Å². The smallest absolute Gasteiger partial charge is 0.293 e. The van der Waals surface area contributed by atoms with Gasteiger partial charge >= 0.3 is 0 Å². The van der Waals surface area contributed by atoms with Crippen LogP contribution in [0.1, 0.15) is 36.7 Å². The third-order valence-corrected chi connectivity index (χ3v) is 2.76. The summed E-state index contributed by atoms with van der Waals surface area (Å²) in [5, 5.41) is 6.73. The number of H-pyrrole nitrogens is 1. The maximum atomic E-state index is 12.1. The molecule has 0 aliphatic heterocycles. The first-order chi connectivity index (χ1) is 8.58. The summed E-state index contributed by atoms with van der Waals surface area (Å²) >= 11 is 0. The topological polar surface area (TPSA) is 65.1 Å². The second-order valence-electron chi connectivity index (χ2n) is 4.50. The van der Waals surface area contributed by atoms with E-state index in [0.29, 0.717) is 6.54 Å². The first-order valence-corrected chi connectivity index (χ1v) is 6.43. The molecule has 0 saturated carbocycles. The summed E-state index contributed by atoms with van der Waals surface area (Å²) in [6, 6.07) is 0. The molecule has 6 nitrogen and oxygen atoms in total. The fourth-order valence-corrected chi connectivity index (χ4v) is 1.67. The zero-order valence-corrected chi connectivity index (χ0v) is 11.7. The lowest BCUT2D eigenvalue weighted by Gasteiger charge is -2.20. The van der Waals surface area contributed by atoms with Crippen molar-refractivity contribution in [3.63, 3.8) is 0 Å². The van der Waals surface area contributed by atoms with E-state index in [1.54, 1.807) is 4.90 Å². The minimum absolute atomic E-state index is 0.0905. The van der Waals surface area contributed by atoms with Crippen molar-refractivity contribution in [3.05, 3.63) is 11.6 Å². The molecule has 1 aromatic heterocycles. The van der Waals surface area contributed by atoms with Crippen LogP contribution in [0.3, 0.4) is 0 Å². The standard InChI is InChI=1S/C12H23N5O/c1-5-10-13-11(15-14-10)12(18)17(6-2)9-7-8-16(3)4/h5-9H2,1-4H3,(H,13,14,15). The van der Waals surface area contributed by atoms with Gasteiger partial charge in [0.15, 0.2) is 0 Å². The van der Waals surface area contributed by atoms with E-state index in [4.69, 9.17) is 0 Å². The summed E-state index contributed by atoms with van der Waals surface area (Å²) in [6.07, 6.45) is 1.71. The highest BCUT2D eigenvalue weighted by molar-refractivity contribution is 5.90. The molecule has 0 aromatic carbocycles. The average Bonchev–Trinajstić information content (AvgIpc) is 2.82. The van der Waals surface area contributed by atoms with E-state index in [1.807, 2.05) is 27.9 Å². The van der Waals surface area contributed by atoms with Crippen LogP contribution in [0.4, 0.5) is 0 Å². The molecular weight excluding hydrogens is 230 g/mol. The van der Waals surface area contributed by atoms with Gasteiger partial charge in [-0.2, -0.15) is 0 Å². The molecule has 1 amide bonds. The number of carbonyl (C=O) groups excluding carboxylic acids is 1. The molecule has 18 heavy (non-hydrogen) atoms. The molecule has 6 heteroatoms. The van der Waals surface area contributed by atoms with Crippen LogP contribution in [0.2, 0.25) is 0 Å². The van der Waals surface area contributed by atoms with Crippen LogP contribution in [0.5, 0.6) is 0 Å². The molecule has 1 aromatic rings. The number of aryl methyl sites for hydroxylation is 1. The molecule has 0 atom stereocenters. The molecule has 0 aliphatic carbocycles. The van der Waals surface area contributed by atoms with Crippen LogP contribution in [-0.4, -0.2) is 64.6 Å². The highest BCUT2D eigenvalue weighted by Crippen LogP contribution is 2.02. The maximum absolute atomic E-state index is 12.1. The Morgan fingerprint density at radius 1 is 1.28 bits per heavy atom. The number of nitrogens with one attached hydrogen (secondary N) is 1. The van der Waals surface area contributed by atoms with Crippen molar-refractivity contribution in [1.82, 2.24) is 25.0 Å². The molecule has 0 fully saturated rings. The zero-order valence-electron chi connectivity index (χ0n) is 11.7. The van der Waals surface area contributed by atoms with Gasteiger partial charge in [-0.25, -0.2) is 4.98 Å². The van der Waals surface area contributed by atoms with Gasteiger partial charge in [0.05, 0.1) is 0 Å². The third kappa shape index (κ3) is 4.10. The molecule has 1 heterocycles. The van der Waals surface area contributed by atoms with E-state index >= 15 is 0 Å². The number of aromatic amines is 1. The molecule has 0 radical (unpaired) electrons. The Morgan fingerprint density at radius 2 is 2.00 bits per heavy atom. The number of carbonyl (C=O) groups is 1. The van der Waals surface area contributed by atoms with Gasteiger partial charge in [-0.1, -0.05) is 6.92 Å². The van der Waals surface area contributed by atoms with Crippen molar-refractivity contribution in [2.24, 2.45) is 0 Å². The van der Waals surface area contributed by atoms with E-state index in [1.165, 1.54) is 0 Å². The van der Waals surface area contributed by atoms with Crippen LogP contribution in [0.15, 0.2) is 0 Å². The molecule has 0 bridgehead atoms. The van der Waals surface area contributed by atoms with Crippen LogP contribution >= 0.6 is 0 Å². The lowest BCUT2D eigenvalue weighted by atomic mass is 10.3. The molecule has 0 spiro atoms. The van der Waals surface area contributed by atoms with Crippen molar-refractivity contribution in [2.45, 2.75) is 26.7 Å². The molecule has 1 rings (SSSR count). The largest absolute Gasteiger partial charge is 0.336 e. The second-order valence-corrected chi connectivity index (χ2v) is 4.50. The summed E-state index contributed by atoms with van der Waals surface area (Å²) < 4.78 is 0. The van der Waals surface area contributed by atoms with Crippen molar-refractivity contribution in [1.29, 1.82) is 0 Å². The zero-order chi connectivity index (χ0) is 13.5. The van der Waals surface area contributed by atoms with Gasteiger partial charge in [-0.3, -0.25) is 9.89 Å². The average molecular weight is 253 g/mol. The Bertz CT molecular complexity index is 374. The Morgan fingerprint density at radius 3 is 2.50 bits per heavy atom. The monoisotopic (exact) mass is 253 g/mol. The highest BCUT2D eigenvalue weighted by Gasteiger charge is 2.18. The summed E-state index contributed by atoms with van der Waals surface area (Å²) in [6.45, 7) is 6.34. The predicted octanol–water partition coefficient (Wildman–Crippen LogP) is 0.781. The lowest BCUT2D eigenvalue weighted by molar-refractivity contribution is 0.0747. The summed E-state index contributed by atoms with van der Waals surface area (Å²) in [7, 11) is 4.06. The minimum Gasteiger partial charge on any atom is -0.336 e. The van der Waals surface area contributed by atoms with Crippen LogP contribution < -0.4 is 0 Å². The SMILES string of the molecule is CCc1nc(C(=O)N(CC)CCCN(C)C)n[nH]1. The van der Waals surface area contributed by atoms with Crippen LogP contribution in [0, 0.1) is 0 Å². The number of hydrogen-bond acceptors (Lipinski definition) is 4. The number of nitrogens with zero attached hydrogens (tertiary/aromatic N) is 4. The van der Waals surface area contributed by atoms with Gasteiger partial charge < -0.3 is 9.80 Å². The first kappa shape index (κ1) is 14.6. The normalized spacial score (nSPS) is 10.9. The molecular formula is C12H23N5O. The van der Waals surface area contributed by atoms with Gasteiger partial charge in [0, 0.05) is 19.5 Å². The Balaban J connectivity index is 2.55. The van der Waals surface area contributed by atoms with Gasteiger partial charge in [0.25, 0.3) is 5.91 Å². The van der Waals surface area contributed by atoms with Gasteiger partial charge in [0.1, 0.15) is 5.82 Å². The van der Waals surface area contributed by atoms with E-state index in [2.05, 4.69) is 20.1 Å². The fraction of sp³-hybridized carbons (Fsp3) is 0.750. The van der Waals surface area contributed by atoms with E-state index in [9.17, 15) is 4.79 Å². The fourth-order valence-electron chi connectivity index (χ4n) is 1.67. The van der Waals surface area contributed by atoms with Gasteiger partial charge in [0.2, 0.25) is 5.82 Å². The Labute approximate surface area is 108 Å². The molecule has 0 saturated heterocycles. The molecule has 0 unspecified atom stereocenters.